The lowest BCUT2D eigenvalue weighted by atomic mass is 9.86. The number of nitrogens with two attached hydrogens (primary N) is 1. The average molecular weight is 234 g/mol. The number of rotatable bonds is 5. The molecule has 17 heavy (non-hydrogen) atoms. The van der Waals surface area contributed by atoms with Crippen LogP contribution in [-0.2, 0) is 0 Å². The van der Waals surface area contributed by atoms with Crippen LogP contribution in [-0.4, -0.2) is 13.6 Å². The van der Waals surface area contributed by atoms with Gasteiger partial charge in [-0.05, 0) is 62.5 Å². The van der Waals surface area contributed by atoms with Gasteiger partial charge in [-0.1, -0.05) is 25.5 Å². The highest BCUT2D eigenvalue weighted by atomic mass is 14.9. The lowest BCUT2D eigenvalue weighted by Crippen LogP contribution is -2.30. The van der Waals surface area contributed by atoms with Gasteiger partial charge < -0.3 is 11.1 Å². The second-order valence-corrected chi connectivity index (χ2v) is 4.89. The second kappa shape index (κ2) is 6.18. The summed E-state index contributed by atoms with van der Waals surface area (Å²) in [5.74, 6) is 0.501. The lowest BCUT2D eigenvalue weighted by molar-refractivity contribution is 0.377. The maximum Gasteiger partial charge on any atom is 0.0360 e. The summed E-state index contributed by atoms with van der Waals surface area (Å²) in [6.07, 6.45) is 1.11. The van der Waals surface area contributed by atoms with Crippen molar-refractivity contribution in [1.29, 1.82) is 0 Å². The number of nitrogens with one attached hydrogen (secondary N) is 1. The van der Waals surface area contributed by atoms with Crippen molar-refractivity contribution in [1.82, 2.24) is 5.32 Å². The summed E-state index contributed by atoms with van der Waals surface area (Å²) in [5.41, 5.74) is 11.4. The van der Waals surface area contributed by atoms with Crippen molar-refractivity contribution in [2.45, 2.75) is 40.2 Å². The maximum atomic E-state index is 5.88. The molecule has 0 bridgehead atoms. The van der Waals surface area contributed by atoms with E-state index >= 15 is 0 Å². The molecule has 0 heterocycles. The summed E-state index contributed by atoms with van der Waals surface area (Å²) in [6.45, 7) is 9.52. The van der Waals surface area contributed by atoms with E-state index in [1.54, 1.807) is 0 Å². The first kappa shape index (κ1) is 14.2. The summed E-state index contributed by atoms with van der Waals surface area (Å²) in [5, 5.41) is 3.43. The van der Waals surface area contributed by atoms with E-state index in [-0.39, 0.29) is 0 Å². The Bertz CT molecular complexity index is 367. The van der Waals surface area contributed by atoms with Crippen LogP contribution in [0.1, 0.15) is 41.6 Å². The van der Waals surface area contributed by atoms with Crippen molar-refractivity contribution < 1.29 is 0 Å². The Labute approximate surface area is 106 Å². The molecule has 1 rings (SSSR count). The molecule has 0 fully saturated rings. The van der Waals surface area contributed by atoms with Crippen molar-refractivity contribution in [2.75, 3.05) is 13.6 Å². The van der Waals surface area contributed by atoms with E-state index in [0.29, 0.717) is 12.0 Å². The quantitative estimate of drug-likeness (QED) is 0.822. The Morgan fingerprint density at radius 2 is 1.82 bits per heavy atom. The molecule has 0 aliphatic heterocycles. The number of aryl methyl sites for hydroxylation is 1. The first-order valence-electron chi connectivity index (χ1n) is 6.50. The van der Waals surface area contributed by atoms with Crippen molar-refractivity contribution in [3.63, 3.8) is 0 Å². The Morgan fingerprint density at radius 3 is 2.29 bits per heavy atom. The smallest absolute Gasteiger partial charge is 0.0360 e. The predicted octanol–water partition coefficient (Wildman–Crippen LogP) is 2.86. The van der Waals surface area contributed by atoms with E-state index in [1.807, 2.05) is 7.05 Å². The van der Waals surface area contributed by atoms with Gasteiger partial charge in [-0.15, -0.1) is 0 Å². The molecule has 0 saturated heterocycles. The fraction of sp³-hybridized carbons (Fsp3) is 0.600. The molecule has 0 radical (unpaired) electrons. The number of hydrogen-bond donors (Lipinski definition) is 2. The zero-order valence-electron chi connectivity index (χ0n) is 11.8. The van der Waals surface area contributed by atoms with Crippen LogP contribution < -0.4 is 11.1 Å². The topological polar surface area (TPSA) is 38.0 Å². The molecule has 0 amide bonds. The molecule has 2 heteroatoms. The van der Waals surface area contributed by atoms with Gasteiger partial charge in [-0.2, -0.15) is 0 Å². The molecule has 0 aliphatic carbocycles. The first-order valence-corrected chi connectivity index (χ1v) is 6.50. The molecule has 0 aromatic heterocycles. The summed E-state index contributed by atoms with van der Waals surface area (Å²) >= 11 is 0. The molecular formula is C15H26N2. The summed E-state index contributed by atoms with van der Waals surface area (Å²) < 4.78 is 0. The predicted molar refractivity (Wildman–Crippen MR) is 75.3 cm³/mol. The minimum atomic E-state index is 0.365. The Hall–Kier alpha value is -0.860. The van der Waals surface area contributed by atoms with Gasteiger partial charge in [-0.25, -0.2) is 0 Å². The average Bonchev–Trinajstić information content (AvgIpc) is 2.34. The standard InChI is InChI=1S/C15H26N2/c1-6-13(9-16)15(17-5)14-8-7-10(2)11(3)12(14)4/h7-8,13,15,17H,6,9,16H2,1-5H3. The third kappa shape index (κ3) is 2.88. The van der Waals surface area contributed by atoms with E-state index in [2.05, 4.69) is 45.1 Å². The summed E-state index contributed by atoms with van der Waals surface area (Å²) in [6, 6.07) is 4.83. The molecule has 2 nitrogen and oxygen atoms in total. The Kier molecular flexibility index (Phi) is 5.16. The Balaban J connectivity index is 3.16. The largest absolute Gasteiger partial charge is 0.330 e. The van der Waals surface area contributed by atoms with Crippen molar-refractivity contribution in [2.24, 2.45) is 11.7 Å². The summed E-state index contributed by atoms with van der Waals surface area (Å²) in [4.78, 5) is 0. The highest BCUT2D eigenvalue weighted by Crippen LogP contribution is 2.29. The highest BCUT2D eigenvalue weighted by molar-refractivity contribution is 5.40. The van der Waals surface area contributed by atoms with Crippen LogP contribution in [0.15, 0.2) is 12.1 Å². The van der Waals surface area contributed by atoms with E-state index in [4.69, 9.17) is 5.73 Å². The molecule has 2 atom stereocenters. The van der Waals surface area contributed by atoms with Gasteiger partial charge in [0.05, 0.1) is 0 Å². The molecule has 0 aliphatic rings. The van der Waals surface area contributed by atoms with Crippen LogP contribution in [0.2, 0.25) is 0 Å². The van der Waals surface area contributed by atoms with Crippen LogP contribution in [0.3, 0.4) is 0 Å². The number of benzene rings is 1. The van der Waals surface area contributed by atoms with Crippen molar-refractivity contribution in [3.8, 4) is 0 Å². The molecule has 1 aromatic carbocycles. The minimum absolute atomic E-state index is 0.365. The molecule has 96 valence electrons. The first-order chi connectivity index (χ1) is 8.06. The van der Waals surface area contributed by atoms with Gasteiger partial charge in [0.25, 0.3) is 0 Å². The monoisotopic (exact) mass is 234 g/mol. The van der Waals surface area contributed by atoms with Gasteiger partial charge in [0, 0.05) is 6.04 Å². The number of hydrogen-bond acceptors (Lipinski definition) is 2. The SMILES string of the molecule is CCC(CN)C(NC)c1ccc(C)c(C)c1C. The van der Waals surface area contributed by atoms with E-state index in [0.717, 1.165) is 13.0 Å². The molecule has 3 N–H and O–H groups in total. The molecule has 0 saturated carbocycles. The third-order valence-corrected chi connectivity index (χ3v) is 4.04. The zero-order valence-corrected chi connectivity index (χ0v) is 11.8. The molecule has 0 spiro atoms. The van der Waals surface area contributed by atoms with E-state index < -0.39 is 0 Å². The fourth-order valence-corrected chi connectivity index (χ4v) is 2.50. The lowest BCUT2D eigenvalue weighted by Gasteiger charge is -2.27. The van der Waals surface area contributed by atoms with Gasteiger partial charge in [0.15, 0.2) is 0 Å². The van der Waals surface area contributed by atoms with Gasteiger partial charge in [0.1, 0.15) is 0 Å². The fourth-order valence-electron chi connectivity index (χ4n) is 2.50. The van der Waals surface area contributed by atoms with Gasteiger partial charge in [-0.3, -0.25) is 0 Å². The zero-order chi connectivity index (χ0) is 13.0. The van der Waals surface area contributed by atoms with Crippen LogP contribution >= 0.6 is 0 Å². The van der Waals surface area contributed by atoms with Crippen LogP contribution in [0, 0.1) is 26.7 Å². The molecule has 2 unspecified atom stereocenters. The van der Waals surface area contributed by atoms with Crippen molar-refractivity contribution in [3.05, 3.63) is 34.4 Å². The van der Waals surface area contributed by atoms with Crippen LogP contribution in [0.25, 0.3) is 0 Å². The second-order valence-electron chi connectivity index (χ2n) is 4.89. The van der Waals surface area contributed by atoms with Crippen LogP contribution in [0.4, 0.5) is 0 Å². The Morgan fingerprint density at radius 1 is 1.18 bits per heavy atom. The van der Waals surface area contributed by atoms with Gasteiger partial charge >= 0.3 is 0 Å². The van der Waals surface area contributed by atoms with Crippen LogP contribution in [0.5, 0.6) is 0 Å². The van der Waals surface area contributed by atoms with Gasteiger partial charge in [0.2, 0.25) is 0 Å². The van der Waals surface area contributed by atoms with E-state index in [1.165, 1.54) is 22.3 Å². The highest BCUT2D eigenvalue weighted by Gasteiger charge is 2.21. The minimum Gasteiger partial charge on any atom is -0.330 e. The van der Waals surface area contributed by atoms with E-state index in [9.17, 15) is 0 Å². The van der Waals surface area contributed by atoms with Crippen molar-refractivity contribution >= 4 is 0 Å². The maximum absolute atomic E-state index is 5.88. The molecular weight excluding hydrogens is 208 g/mol. The molecule has 1 aromatic rings. The summed E-state index contributed by atoms with van der Waals surface area (Å²) in [7, 11) is 2.03. The normalized spacial score (nSPS) is 14.7. The third-order valence-electron chi connectivity index (χ3n) is 4.04.